The Morgan fingerprint density at radius 1 is 1.40 bits per heavy atom. The molecule has 0 aromatic carbocycles. The van der Waals surface area contributed by atoms with Crippen molar-refractivity contribution in [3.05, 3.63) is 0 Å². The third-order valence-corrected chi connectivity index (χ3v) is 3.69. The summed E-state index contributed by atoms with van der Waals surface area (Å²) in [5.74, 6) is -0.929. The van der Waals surface area contributed by atoms with E-state index in [1.165, 1.54) is 4.31 Å². The molecular formula is C8H18N2O4S. The number of primary amides is 1. The highest BCUT2D eigenvalue weighted by molar-refractivity contribution is 7.89. The molecule has 0 fully saturated rings. The molecule has 0 unspecified atom stereocenters. The average molecular weight is 238 g/mol. The molecule has 7 heteroatoms. The van der Waals surface area contributed by atoms with Gasteiger partial charge in [-0.2, -0.15) is 4.31 Å². The summed E-state index contributed by atoms with van der Waals surface area (Å²) in [4.78, 5) is 10.5. The van der Waals surface area contributed by atoms with Gasteiger partial charge in [0, 0.05) is 19.5 Å². The Balaban J connectivity index is 4.42. The van der Waals surface area contributed by atoms with Crippen LogP contribution in [0.2, 0.25) is 0 Å². The molecule has 0 saturated carbocycles. The van der Waals surface area contributed by atoms with Crippen molar-refractivity contribution in [3.8, 4) is 0 Å². The van der Waals surface area contributed by atoms with Gasteiger partial charge in [-0.15, -0.1) is 0 Å². The number of amides is 1. The lowest BCUT2D eigenvalue weighted by Crippen LogP contribution is -2.36. The SMILES string of the molecule is CCCN(CCO)S(=O)(=O)CCC(N)=O. The summed E-state index contributed by atoms with van der Waals surface area (Å²) in [6.45, 7) is 2.03. The van der Waals surface area contributed by atoms with Crippen molar-refractivity contribution < 1.29 is 18.3 Å². The van der Waals surface area contributed by atoms with E-state index in [9.17, 15) is 13.2 Å². The van der Waals surface area contributed by atoms with Crippen molar-refractivity contribution in [3.63, 3.8) is 0 Å². The number of nitrogens with two attached hydrogens (primary N) is 1. The number of hydrogen-bond acceptors (Lipinski definition) is 4. The third-order valence-electron chi connectivity index (χ3n) is 1.82. The van der Waals surface area contributed by atoms with E-state index in [4.69, 9.17) is 10.8 Å². The Kier molecular flexibility index (Phi) is 6.46. The number of sulfonamides is 1. The van der Waals surface area contributed by atoms with Gasteiger partial charge in [0.1, 0.15) is 0 Å². The van der Waals surface area contributed by atoms with Crippen LogP contribution in [0.3, 0.4) is 0 Å². The van der Waals surface area contributed by atoms with Crippen LogP contribution >= 0.6 is 0 Å². The van der Waals surface area contributed by atoms with Gasteiger partial charge in [-0.1, -0.05) is 6.92 Å². The standard InChI is InChI=1S/C8H18N2O4S/c1-2-4-10(5-6-11)15(13,14)7-3-8(9)12/h11H,2-7H2,1H3,(H2,9,12). The lowest BCUT2D eigenvalue weighted by molar-refractivity contribution is -0.117. The van der Waals surface area contributed by atoms with Crippen molar-refractivity contribution >= 4 is 15.9 Å². The third kappa shape index (κ3) is 5.71. The minimum atomic E-state index is -3.47. The summed E-state index contributed by atoms with van der Waals surface area (Å²) in [6.07, 6.45) is 0.476. The fourth-order valence-corrected chi connectivity index (χ4v) is 2.65. The number of aliphatic hydroxyl groups excluding tert-OH is 1. The molecule has 0 aromatic rings. The zero-order valence-electron chi connectivity index (χ0n) is 8.85. The first-order chi connectivity index (χ1) is 6.94. The summed E-state index contributed by atoms with van der Waals surface area (Å²) in [5.41, 5.74) is 4.88. The van der Waals surface area contributed by atoms with Gasteiger partial charge in [0.15, 0.2) is 0 Å². The molecule has 0 spiro atoms. The highest BCUT2D eigenvalue weighted by Crippen LogP contribution is 2.04. The molecule has 0 aromatic heterocycles. The van der Waals surface area contributed by atoms with E-state index in [0.717, 1.165) is 0 Å². The number of nitrogens with zero attached hydrogens (tertiary/aromatic N) is 1. The van der Waals surface area contributed by atoms with Crippen molar-refractivity contribution in [1.29, 1.82) is 0 Å². The molecule has 90 valence electrons. The first-order valence-electron chi connectivity index (χ1n) is 4.81. The fraction of sp³-hybridized carbons (Fsp3) is 0.875. The Hall–Kier alpha value is -0.660. The fourth-order valence-electron chi connectivity index (χ4n) is 1.11. The monoisotopic (exact) mass is 238 g/mol. The molecule has 15 heavy (non-hydrogen) atoms. The van der Waals surface area contributed by atoms with Gasteiger partial charge in [0.25, 0.3) is 0 Å². The first-order valence-corrected chi connectivity index (χ1v) is 6.42. The van der Waals surface area contributed by atoms with E-state index in [1.807, 2.05) is 6.92 Å². The zero-order valence-corrected chi connectivity index (χ0v) is 9.66. The number of carbonyl (C=O) groups is 1. The number of hydrogen-bond donors (Lipinski definition) is 2. The Morgan fingerprint density at radius 2 is 2.00 bits per heavy atom. The van der Waals surface area contributed by atoms with E-state index in [2.05, 4.69) is 0 Å². The normalized spacial score (nSPS) is 11.9. The molecule has 0 rings (SSSR count). The second-order valence-corrected chi connectivity index (χ2v) is 5.24. The molecule has 0 heterocycles. The number of carbonyl (C=O) groups excluding carboxylic acids is 1. The first kappa shape index (κ1) is 14.3. The molecule has 0 atom stereocenters. The van der Waals surface area contributed by atoms with Crippen molar-refractivity contribution in [2.45, 2.75) is 19.8 Å². The zero-order chi connectivity index (χ0) is 11.9. The van der Waals surface area contributed by atoms with Gasteiger partial charge in [-0.05, 0) is 6.42 Å². The van der Waals surface area contributed by atoms with E-state index in [0.29, 0.717) is 13.0 Å². The molecule has 0 bridgehead atoms. The van der Waals surface area contributed by atoms with Crippen molar-refractivity contribution in [2.75, 3.05) is 25.4 Å². The van der Waals surface area contributed by atoms with Gasteiger partial charge >= 0.3 is 0 Å². The Labute approximate surface area is 90.1 Å². The Morgan fingerprint density at radius 3 is 2.40 bits per heavy atom. The molecule has 0 saturated heterocycles. The summed E-state index contributed by atoms with van der Waals surface area (Å²) >= 11 is 0. The van der Waals surface area contributed by atoms with Crippen LogP contribution in [-0.4, -0.2) is 49.2 Å². The van der Waals surface area contributed by atoms with Gasteiger partial charge in [-0.3, -0.25) is 4.79 Å². The highest BCUT2D eigenvalue weighted by atomic mass is 32.2. The van der Waals surface area contributed by atoms with Gasteiger partial charge in [0.2, 0.25) is 15.9 Å². The minimum Gasteiger partial charge on any atom is -0.395 e. The van der Waals surface area contributed by atoms with Crippen LogP contribution in [-0.2, 0) is 14.8 Å². The maximum Gasteiger partial charge on any atom is 0.218 e. The predicted molar refractivity (Wildman–Crippen MR) is 56.5 cm³/mol. The summed E-state index contributed by atoms with van der Waals surface area (Å²) in [5, 5.41) is 8.71. The van der Waals surface area contributed by atoms with E-state index < -0.39 is 15.9 Å². The minimum absolute atomic E-state index is 0.0644. The lowest BCUT2D eigenvalue weighted by atomic mass is 10.5. The van der Waals surface area contributed by atoms with Crippen LogP contribution in [0.4, 0.5) is 0 Å². The van der Waals surface area contributed by atoms with Crippen molar-refractivity contribution in [1.82, 2.24) is 4.31 Å². The van der Waals surface area contributed by atoms with E-state index >= 15 is 0 Å². The summed E-state index contributed by atoms with van der Waals surface area (Å²) in [7, 11) is -3.47. The summed E-state index contributed by atoms with van der Waals surface area (Å²) in [6, 6.07) is 0. The largest absolute Gasteiger partial charge is 0.395 e. The van der Waals surface area contributed by atoms with Crippen LogP contribution in [0, 0.1) is 0 Å². The Bertz CT molecular complexity index is 283. The van der Waals surface area contributed by atoms with Crippen LogP contribution in [0.1, 0.15) is 19.8 Å². The number of aliphatic hydroxyl groups is 1. The van der Waals surface area contributed by atoms with Gasteiger partial charge in [-0.25, -0.2) is 8.42 Å². The lowest BCUT2D eigenvalue weighted by Gasteiger charge is -2.19. The molecular weight excluding hydrogens is 220 g/mol. The smallest absolute Gasteiger partial charge is 0.218 e. The van der Waals surface area contributed by atoms with Crippen LogP contribution in [0.25, 0.3) is 0 Å². The molecule has 0 aliphatic carbocycles. The van der Waals surface area contributed by atoms with Gasteiger partial charge < -0.3 is 10.8 Å². The quantitative estimate of drug-likeness (QED) is 0.560. The summed E-state index contributed by atoms with van der Waals surface area (Å²) < 4.78 is 24.4. The van der Waals surface area contributed by atoms with Crippen molar-refractivity contribution in [2.24, 2.45) is 5.73 Å². The van der Waals surface area contributed by atoms with Crippen LogP contribution in [0.15, 0.2) is 0 Å². The molecule has 0 aliphatic heterocycles. The molecule has 1 amide bonds. The maximum atomic E-state index is 11.6. The molecule has 6 nitrogen and oxygen atoms in total. The molecule has 0 aliphatic rings. The van der Waals surface area contributed by atoms with E-state index in [1.54, 1.807) is 0 Å². The van der Waals surface area contributed by atoms with Crippen LogP contribution in [0.5, 0.6) is 0 Å². The second-order valence-electron chi connectivity index (χ2n) is 3.15. The average Bonchev–Trinajstić information content (AvgIpc) is 2.15. The molecule has 0 radical (unpaired) electrons. The highest BCUT2D eigenvalue weighted by Gasteiger charge is 2.20. The topological polar surface area (TPSA) is 101 Å². The predicted octanol–water partition coefficient (Wildman–Crippen LogP) is -1.10. The second kappa shape index (κ2) is 6.76. The molecule has 3 N–H and O–H groups in total. The maximum absolute atomic E-state index is 11.6. The van der Waals surface area contributed by atoms with Crippen LogP contribution < -0.4 is 5.73 Å². The van der Waals surface area contributed by atoms with Gasteiger partial charge in [0.05, 0.1) is 12.4 Å². The van der Waals surface area contributed by atoms with E-state index in [-0.39, 0.29) is 25.3 Å². The number of rotatable bonds is 8.